The van der Waals surface area contributed by atoms with Gasteiger partial charge in [0.1, 0.15) is 5.60 Å². The molecular formula is C18H24N2O2. The van der Waals surface area contributed by atoms with Crippen molar-refractivity contribution < 1.29 is 9.53 Å². The molecule has 1 atom stereocenters. The summed E-state index contributed by atoms with van der Waals surface area (Å²) in [5.41, 5.74) is 3.42. The Hall–Kier alpha value is -1.97. The number of benzene rings is 1. The van der Waals surface area contributed by atoms with Gasteiger partial charge in [0.2, 0.25) is 5.91 Å². The van der Waals surface area contributed by atoms with Crippen molar-refractivity contribution in [3.8, 4) is 0 Å². The van der Waals surface area contributed by atoms with Gasteiger partial charge in [-0.1, -0.05) is 12.1 Å². The van der Waals surface area contributed by atoms with E-state index in [1.807, 2.05) is 25.3 Å². The molecule has 2 heterocycles. The highest BCUT2D eigenvalue weighted by atomic mass is 16.5. The predicted octanol–water partition coefficient (Wildman–Crippen LogP) is 2.89. The number of hydrogen-bond acceptors (Lipinski definition) is 3. The number of hydrogen-bond donors (Lipinski definition) is 0. The Balaban J connectivity index is 1.76. The van der Waals surface area contributed by atoms with Crippen LogP contribution in [0.25, 0.3) is 5.57 Å². The molecule has 118 valence electrons. The van der Waals surface area contributed by atoms with E-state index in [0.29, 0.717) is 6.54 Å². The third kappa shape index (κ3) is 2.82. The van der Waals surface area contributed by atoms with Crippen LogP contribution in [0.4, 0.5) is 5.69 Å². The number of likely N-dealkylation sites (tertiary alicyclic amines) is 1. The fourth-order valence-corrected chi connectivity index (χ4v) is 3.39. The van der Waals surface area contributed by atoms with Crippen LogP contribution in [0.15, 0.2) is 30.5 Å². The normalized spacial score (nSPS) is 24.1. The minimum absolute atomic E-state index is 0.144. The number of anilines is 1. The molecule has 4 heteroatoms. The van der Waals surface area contributed by atoms with Crippen molar-refractivity contribution in [2.45, 2.75) is 31.8 Å². The average Bonchev–Trinajstić information content (AvgIpc) is 2.91. The zero-order valence-electron chi connectivity index (χ0n) is 13.6. The Bertz CT molecular complexity index is 609. The van der Waals surface area contributed by atoms with Crippen molar-refractivity contribution in [3.05, 3.63) is 36.1 Å². The van der Waals surface area contributed by atoms with Crippen LogP contribution in [0.3, 0.4) is 0 Å². The first-order valence-corrected chi connectivity index (χ1v) is 7.89. The molecule has 4 nitrogen and oxygen atoms in total. The number of nitrogens with zero attached hydrogens (tertiary/aromatic N) is 2. The quantitative estimate of drug-likeness (QED) is 0.842. The van der Waals surface area contributed by atoms with Crippen molar-refractivity contribution >= 4 is 17.2 Å². The van der Waals surface area contributed by atoms with Crippen molar-refractivity contribution in [1.29, 1.82) is 0 Å². The van der Waals surface area contributed by atoms with Gasteiger partial charge in [-0.3, -0.25) is 4.79 Å². The lowest BCUT2D eigenvalue weighted by atomic mass is 9.86. The van der Waals surface area contributed by atoms with Crippen LogP contribution in [0.5, 0.6) is 0 Å². The van der Waals surface area contributed by atoms with E-state index >= 15 is 0 Å². The van der Waals surface area contributed by atoms with Crippen LogP contribution >= 0.6 is 0 Å². The largest absolute Gasteiger partial charge is 0.492 e. The second-order valence-electron chi connectivity index (χ2n) is 6.61. The summed E-state index contributed by atoms with van der Waals surface area (Å²) in [4.78, 5) is 15.7. The molecule has 0 bridgehead atoms. The van der Waals surface area contributed by atoms with Gasteiger partial charge in [0.05, 0.1) is 12.8 Å². The first-order valence-electron chi connectivity index (χ1n) is 7.89. The Morgan fingerprint density at radius 1 is 1.36 bits per heavy atom. The standard InChI is InChI=1S/C18H24N2O2/c1-14(21)20-9-5-8-18(13-20)11-16(12-22-18)15-6-4-7-17(10-15)19(2)3/h4,6-7,10,12H,5,8-9,11,13H2,1-3H3. The van der Waals surface area contributed by atoms with E-state index in [2.05, 4.69) is 29.2 Å². The minimum Gasteiger partial charge on any atom is -0.492 e. The van der Waals surface area contributed by atoms with Crippen LogP contribution in [-0.4, -0.2) is 43.6 Å². The third-order valence-electron chi connectivity index (χ3n) is 4.68. The first-order chi connectivity index (χ1) is 10.5. The molecule has 3 rings (SSSR count). The third-order valence-corrected chi connectivity index (χ3v) is 4.68. The molecule has 1 spiro atoms. The fourth-order valence-electron chi connectivity index (χ4n) is 3.39. The van der Waals surface area contributed by atoms with Crippen LogP contribution < -0.4 is 4.90 Å². The zero-order chi connectivity index (χ0) is 15.7. The summed E-state index contributed by atoms with van der Waals surface area (Å²) in [5.74, 6) is 0.144. The molecule has 2 aliphatic heterocycles. The molecule has 1 unspecified atom stereocenters. The van der Waals surface area contributed by atoms with Crippen LogP contribution in [0.1, 0.15) is 31.7 Å². The highest BCUT2D eigenvalue weighted by Gasteiger charge is 2.41. The van der Waals surface area contributed by atoms with Gasteiger partial charge in [-0.15, -0.1) is 0 Å². The molecule has 1 saturated heterocycles. The van der Waals surface area contributed by atoms with Crippen molar-refractivity contribution in [1.82, 2.24) is 4.90 Å². The summed E-state index contributed by atoms with van der Waals surface area (Å²) in [5, 5.41) is 0. The van der Waals surface area contributed by atoms with Gasteiger partial charge in [-0.2, -0.15) is 0 Å². The van der Waals surface area contributed by atoms with Crippen molar-refractivity contribution in [2.24, 2.45) is 0 Å². The maximum atomic E-state index is 11.7. The summed E-state index contributed by atoms with van der Waals surface area (Å²) in [6.45, 7) is 3.20. The summed E-state index contributed by atoms with van der Waals surface area (Å²) in [7, 11) is 4.10. The van der Waals surface area contributed by atoms with Crippen LogP contribution in [0.2, 0.25) is 0 Å². The average molecular weight is 300 g/mol. The first kappa shape index (κ1) is 14.9. The summed E-state index contributed by atoms with van der Waals surface area (Å²) in [6, 6.07) is 8.51. The predicted molar refractivity (Wildman–Crippen MR) is 88.7 cm³/mol. The monoisotopic (exact) mass is 300 g/mol. The fraction of sp³-hybridized carbons (Fsp3) is 0.500. The van der Waals surface area contributed by atoms with Crippen molar-refractivity contribution in [2.75, 3.05) is 32.1 Å². The van der Waals surface area contributed by atoms with E-state index in [1.165, 1.54) is 16.8 Å². The smallest absolute Gasteiger partial charge is 0.219 e. The van der Waals surface area contributed by atoms with Gasteiger partial charge < -0.3 is 14.5 Å². The Morgan fingerprint density at radius 3 is 2.91 bits per heavy atom. The van der Waals surface area contributed by atoms with E-state index in [-0.39, 0.29) is 11.5 Å². The molecule has 0 aliphatic carbocycles. The molecule has 0 radical (unpaired) electrons. The van der Waals surface area contributed by atoms with Gasteiger partial charge >= 0.3 is 0 Å². The lowest BCUT2D eigenvalue weighted by Gasteiger charge is -2.39. The number of ether oxygens (including phenoxy) is 1. The van der Waals surface area contributed by atoms with E-state index in [9.17, 15) is 4.79 Å². The SMILES string of the molecule is CC(=O)N1CCCC2(CC(c3cccc(N(C)C)c3)=CO2)C1. The Labute approximate surface area is 132 Å². The molecule has 22 heavy (non-hydrogen) atoms. The molecule has 2 aliphatic rings. The summed E-state index contributed by atoms with van der Waals surface area (Å²) < 4.78 is 6.06. The van der Waals surface area contributed by atoms with E-state index in [1.54, 1.807) is 6.92 Å². The number of carbonyl (C=O) groups is 1. The van der Waals surface area contributed by atoms with E-state index < -0.39 is 0 Å². The number of carbonyl (C=O) groups excluding carboxylic acids is 1. The van der Waals surface area contributed by atoms with Gasteiger partial charge in [0, 0.05) is 39.7 Å². The Kier molecular flexibility index (Phi) is 3.85. The van der Waals surface area contributed by atoms with Crippen LogP contribution in [-0.2, 0) is 9.53 Å². The number of piperidine rings is 1. The number of rotatable bonds is 2. The van der Waals surface area contributed by atoms with Gasteiger partial charge in [-0.05, 0) is 36.1 Å². The highest BCUT2D eigenvalue weighted by Crippen LogP contribution is 2.40. The lowest BCUT2D eigenvalue weighted by molar-refractivity contribution is -0.135. The maximum Gasteiger partial charge on any atom is 0.219 e. The highest BCUT2D eigenvalue weighted by molar-refractivity contribution is 5.74. The minimum atomic E-state index is -0.215. The maximum absolute atomic E-state index is 11.7. The van der Waals surface area contributed by atoms with Gasteiger partial charge in [0.15, 0.2) is 0 Å². The van der Waals surface area contributed by atoms with E-state index in [4.69, 9.17) is 4.74 Å². The van der Waals surface area contributed by atoms with Crippen molar-refractivity contribution in [3.63, 3.8) is 0 Å². The molecule has 0 aromatic heterocycles. The molecule has 0 saturated carbocycles. The number of amides is 1. The van der Waals surface area contributed by atoms with E-state index in [0.717, 1.165) is 25.8 Å². The molecule has 0 N–H and O–H groups in total. The second kappa shape index (κ2) is 5.67. The van der Waals surface area contributed by atoms with Gasteiger partial charge in [-0.25, -0.2) is 0 Å². The molecular weight excluding hydrogens is 276 g/mol. The van der Waals surface area contributed by atoms with Gasteiger partial charge in [0.25, 0.3) is 0 Å². The Morgan fingerprint density at radius 2 is 2.18 bits per heavy atom. The van der Waals surface area contributed by atoms with Crippen LogP contribution in [0, 0.1) is 0 Å². The molecule has 1 aromatic rings. The topological polar surface area (TPSA) is 32.8 Å². The summed E-state index contributed by atoms with van der Waals surface area (Å²) >= 11 is 0. The lowest BCUT2D eigenvalue weighted by Crippen LogP contribution is -2.49. The second-order valence-corrected chi connectivity index (χ2v) is 6.61. The molecule has 1 amide bonds. The summed E-state index contributed by atoms with van der Waals surface area (Å²) in [6.07, 6.45) is 4.81. The molecule has 1 aromatic carbocycles. The zero-order valence-corrected chi connectivity index (χ0v) is 13.6. The molecule has 1 fully saturated rings.